The van der Waals surface area contributed by atoms with E-state index in [2.05, 4.69) is 0 Å². The molecule has 1 heterocycles. The molecule has 7 unspecified atom stereocenters. The van der Waals surface area contributed by atoms with E-state index in [1.54, 1.807) is 0 Å². The molecular weight excluding hydrogens is 328 g/mol. The molecule has 10 nitrogen and oxygen atoms in total. The van der Waals surface area contributed by atoms with Crippen LogP contribution >= 0.6 is 0 Å². The summed E-state index contributed by atoms with van der Waals surface area (Å²) in [6.07, 6.45) is -11.4. The van der Waals surface area contributed by atoms with E-state index in [1.165, 1.54) is 0 Å². The van der Waals surface area contributed by atoms with Gasteiger partial charge in [0.25, 0.3) is 0 Å². The Balaban J connectivity index is 1.78. The minimum atomic E-state index is -1.58. The second-order valence-electron chi connectivity index (χ2n) is 6.70. The predicted octanol–water partition coefficient (Wildman–Crippen LogP) is -3.96. The molecular formula is C14H22O10. The highest BCUT2D eigenvalue weighted by Gasteiger charge is 2.64. The summed E-state index contributed by atoms with van der Waals surface area (Å²) in [6, 6.07) is 0. The third-order valence-corrected chi connectivity index (χ3v) is 5.24. The predicted molar refractivity (Wildman–Crippen MR) is 73.7 cm³/mol. The highest BCUT2D eigenvalue weighted by Crippen LogP contribution is 2.43. The number of hydrogen-bond acceptors (Lipinski definition) is 9. The molecule has 3 fully saturated rings. The van der Waals surface area contributed by atoms with E-state index in [1.807, 2.05) is 0 Å². The Morgan fingerprint density at radius 2 is 1.62 bits per heavy atom. The van der Waals surface area contributed by atoms with Gasteiger partial charge in [-0.1, -0.05) is 0 Å². The van der Waals surface area contributed by atoms with Gasteiger partial charge in [-0.2, -0.15) is 0 Å². The van der Waals surface area contributed by atoms with Crippen molar-refractivity contribution < 1.29 is 50.0 Å². The van der Waals surface area contributed by atoms with Crippen LogP contribution in [0, 0.1) is 11.8 Å². The Morgan fingerprint density at radius 1 is 0.958 bits per heavy atom. The van der Waals surface area contributed by atoms with E-state index in [0.29, 0.717) is 0 Å². The zero-order chi connectivity index (χ0) is 17.8. The first-order chi connectivity index (χ1) is 11.3. The molecule has 0 amide bonds. The highest BCUT2D eigenvalue weighted by molar-refractivity contribution is 5.72. The van der Waals surface area contributed by atoms with Crippen LogP contribution in [-0.2, 0) is 14.3 Å². The van der Waals surface area contributed by atoms with E-state index >= 15 is 0 Å². The number of carboxylic acids is 1. The number of epoxide rings is 1. The molecule has 3 aliphatic rings. The fourth-order valence-corrected chi connectivity index (χ4v) is 3.73. The number of carbonyl (C=O) groups is 1. The van der Waals surface area contributed by atoms with Crippen LogP contribution in [-0.4, -0.2) is 103 Å². The molecule has 24 heavy (non-hydrogen) atoms. The lowest BCUT2D eigenvalue weighted by Crippen LogP contribution is -2.60. The topological polar surface area (TPSA) is 180 Å². The second kappa shape index (κ2) is 6.46. The summed E-state index contributed by atoms with van der Waals surface area (Å²) >= 11 is 0. The molecule has 1 aliphatic heterocycles. The van der Waals surface area contributed by atoms with Crippen molar-refractivity contribution in [3.05, 3.63) is 0 Å². The van der Waals surface area contributed by atoms with Gasteiger partial charge in [-0.05, 0) is 6.42 Å². The number of aliphatic hydroxyl groups is 6. The van der Waals surface area contributed by atoms with Crippen molar-refractivity contribution in [3.8, 4) is 0 Å². The molecule has 0 aromatic rings. The van der Waals surface area contributed by atoms with E-state index in [-0.39, 0.29) is 6.42 Å². The zero-order valence-electron chi connectivity index (χ0n) is 12.6. The number of aliphatic carboxylic acids is 1. The summed E-state index contributed by atoms with van der Waals surface area (Å²) in [6.45, 7) is -0.461. The van der Waals surface area contributed by atoms with Crippen LogP contribution in [0.4, 0.5) is 0 Å². The van der Waals surface area contributed by atoms with Crippen molar-refractivity contribution >= 4 is 5.97 Å². The maximum atomic E-state index is 11.5. The minimum absolute atomic E-state index is 0.0451. The number of ether oxygens (including phenoxy) is 2. The van der Waals surface area contributed by atoms with Crippen LogP contribution in [0.25, 0.3) is 0 Å². The Bertz CT molecular complexity index is 484. The molecule has 2 saturated carbocycles. The third kappa shape index (κ3) is 2.82. The largest absolute Gasteiger partial charge is 0.481 e. The molecule has 0 aromatic carbocycles. The fraction of sp³-hybridized carbons (Fsp3) is 0.929. The Morgan fingerprint density at radius 3 is 2.21 bits per heavy atom. The fourth-order valence-electron chi connectivity index (χ4n) is 3.73. The normalized spacial score (nSPS) is 54.2. The highest BCUT2D eigenvalue weighted by atomic mass is 16.6. The minimum Gasteiger partial charge on any atom is -0.481 e. The van der Waals surface area contributed by atoms with Crippen LogP contribution < -0.4 is 0 Å². The quantitative estimate of drug-likeness (QED) is 0.247. The Labute approximate surface area is 136 Å². The molecule has 2 aliphatic carbocycles. The first kappa shape index (κ1) is 18.0. The molecule has 11 atom stereocenters. The zero-order valence-corrected chi connectivity index (χ0v) is 12.6. The van der Waals surface area contributed by atoms with Gasteiger partial charge in [0, 0.05) is 12.5 Å². The van der Waals surface area contributed by atoms with Crippen molar-refractivity contribution in [2.45, 2.75) is 61.4 Å². The SMILES string of the molecule is O=C(O)C1C2O[C@H]2C(O)C(O)[C@@H]1O[C@H]1CC(CO)[C@@H](O)C(O)C1O. The van der Waals surface area contributed by atoms with Crippen molar-refractivity contribution in [2.75, 3.05) is 6.61 Å². The average Bonchev–Trinajstić information content (AvgIpc) is 3.32. The number of aliphatic hydroxyl groups excluding tert-OH is 6. The summed E-state index contributed by atoms with van der Waals surface area (Å²) in [7, 11) is 0. The van der Waals surface area contributed by atoms with Gasteiger partial charge < -0.3 is 45.2 Å². The van der Waals surface area contributed by atoms with Crippen LogP contribution in [0.3, 0.4) is 0 Å². The molecule has 0 radical (unpaired) electrons. The molecule has 10 heteroatoms. The van der Waals surface area contributed by atoms with Crippen LogP contribution in [0.1, 0.15) is 6.42 Å². The van der Waals surface area contributed by atoms with E-state index in [0.717, 1.165) is 0 Å². The lowest BCUT2D eigenvalue weighted by atomic mass is 9.79. The van der Waals surface area contributed by atoms with Gasteiger partial charge in [0.15, 0.2) is 0 Å². The van der Waals surface area contributed by atoms with Crippen molar-refractivity contribution in [3.63, 3.8) is 0 Å². The van der Waals surface area contributed by atoms with E-state index in [4.69, 9.17) is 9.47 Å². The molecule has 1 saturated heterocycles. The second-order valence-corrected chi connectivity index (χ2v) is 6.70. The molecule has 0 aromatic heterocycles. The number of fused-ring (bicyclic) bond motifs is 1. The van der Waals surface area contributed by atoms with Crippen LogP contribution in [0.2, 0.25) is 0 Å². The van der Waals surface area contributed by atoms with Crippen LogP contribution in [0.5, 0.6) is 0 Å². The number of carboxylic acid groups (broad SMARTS) is 1. The molecule has 138 valence electrons. The molecule has 7 N–H and O–H groups in total. The first-order valence-electron chi connectivity index (χ1n) is 7.82. The summed E-state index contributed by atoms with van der Waals surface area (Å²) in [5.74, 6) is -3.28. The van der Waals surface area contributed by atoms with Gasteiger partial charge in [-0.15, -0.1) is 0 Å². The number of hydrogen-bond donors (Lipinski definition) is 7. The maximum Gasteiger partial charge on any atom is 0.312 e. The van der Waals surface area contributed by atoms with Gasteiger partial charge in [0.1, 0.15) is 48.6 Å². The van der Waals surface area contributed by atoms with Gasteiger partial charge >= 0.3 is 5.97 Å². The first-order valence-corrected chi connectivity index (χ1v) is 7.82. The van der Waals surface area contributed by atoms with Gasteiger partial charge in [0.05, 0.1) is 12.2 Å². The van der Waals surface area contributed by atoms with Crippen molar-refractivity contribution in [1.82, 2.24) is 0 Å². The van der Waals surface area contributed by atoms with Crippen LogP contribution in [0.15, 0.2) is 0 Å². The average molecular weight is 350 g/mol. The van der Waals surface area contributed by atoms with E-state index in [9.17, 15) is 40.5 Å². The molecule has 0 bridgehead atoms. The summed E-state index contributed by atoms with van der Waals surface area (Å²) < 4.78 is 10.6. The molecule has 0 spiro atoms. The third-order valence-electron chi connectivity index (χ3n) is 5.24. The number of rotatable bonds is 4. The van der Waals surface area contributed by atoms with Gasteiger partial charge in [-0.3, -0.25) is 4.79 Å². The van der Waals surface area contributed by atoms with Gasteiger partial charge in [-0.25, -0.2) is 0 Å². The summed E-state index contributed by atoms with van der Waals surface area (Å²) in [5, 5.41) is 68.4. The van der Waals surface area contributed by atoms with E-state index < -0.39 is 79.3 Å². The molecule has 3 rings (SSSR count). The smallest absolute Gasteiger partial charge is 0.312 e. The van der Waals surface area contributed by atoms with Crippen molar-refractivity contribution in [2.24, 2.45) is 11.8 Å². The maximum absolute atomic E-state index is 11.5. The van der Waals surface area contributed by atoms with Crippen molar-refractivity contribution in [1.29, 1.82) is 0 Å². The van der Waals surface area contributed by atoms with Gasteiger partial charge in [0.2, 0.25) is 0 Å². The summed E-state index contributed by atoms with van der Waals surface area (Å²) in [5.41, 5.74) is 0. The Hall–Kier alpha value is -0.850. The lowest BCUT2D eigenvalue weighted by Gasteiger charge is -2.43. The lowest BCUT2D eigenvalue weighted by molar-refractivity contribution is -0.222. The summed E-state index contributed by atoms with van der Waals surface area (Å²) in [4.78, 5) is 11.5. The standard InChI is InChI=1S/C14H22O10/c15-2-3-1-4(7(17)8(18)6(3)16)23-11-5(14(21)22)12-13(24-12)10(20)9(11)19/h3-13,15-20H,1-2H2,(H,21,22)/t3?,4-,5?,6+,7?,8?,9?,10?,11+,12?,13-/m0/s1. The monoisotopic (exact) mass is 350 g/mol. The Kier molecular flexibility index (Phi) is 4.84.